The molecule has 1 spiro atoms. The Hall–Kier alpha value is -3.45. The largest absolute Gasteiger partial charge is 0.486 e. The summed E-state index contributed by atoms with van der Waals surface area (Å²) in [4.78, 5) is 26.2. The number of hydrogen-bond acceptors (Lipinski definition) is 6. The van der Waals surface area contributed by atoms with Crippen LogP contribution in [0.5, 0.6) is 5.75 Å². The van der Waals surface area contributed by atoms with Crippen LogP contribution in [0.3, 0.4) is 0 Å². The summed E-state index contributed by atoms with van der Waals surface area (Å²) in [6.45, 7) is 8.06. The smallest absolute Gasteiger partial charge is 0.251 e. The predicted octanol–water partition coefficient (Wildman–Crippen LogP) is 4.55. The minimum absolute atomic E-state index is 0.161. The molecule has 7 heteroatoms. The zero-order valence-electron chi connectivity index (χ0n) is 20.4. The second-order valence-electron chi connectivity index (χ2n) is 9.91. The number of nitrogens with one attached hydrogen (secondary N) is 2. The highest BCUT2D eigenvalue weighted by Crippen LogP contribution is 2.45. The fraction of sp³-hybridized carbons (Fsp3) is 0.393. The molecule has 1 saturated heterocycles. The highest BCUT2D eigenvalue weighted by Gasteiger charge is 2.51. The number of carbonyl (C=O) groups excluding carboxylic acids is 2. The predicted molar refractivity (Wildman–Crippen MR) is 132 cm³/mol. The van der Waals surface area contributed by atoms with Gasteiger partial charge in [-0.25, -0.2) is 0 Å². The Morgan fingerprint density at radius 1 is 1.11 bits per heavy atom. The maximum atomic E-state index is 13.7. The third kappa shape index (κ3) is 4.48. The van der Waals surface area contributed by atoms with Crippen LogP contribution in [0, 0.1) is 18.8 Å². The van der Waals surface area contributed by atoms with Gasteiger partial charge in [-0.2, -0.15) is 0 Å². The number of ether oxygens (including phenoxy) is 1. The summed E-state index contributed by atoms with van der Waals surface area (Å²) in [6, 6.07) is 15.0. The first kappa shape index (κ1) is 23.3. The van der Waals surface area contributed by atoms with E-state index in [1.54, 1.807) is 18.2 Å². The molecule has 1 aromatic heterocycles. The first-order valence-corrected chi connectivity index (χ1v) is 12.3. The lowest BCUT2D eigenvalue weighted by Crippen LogP contribution is -2.57. The van der Waals surface area contributed by atoms with Crippen molar-refractivity contribution in [2.24, 2.45) is 11.8 Å². The van der Waals surface area contributed by atoms with E-state index in [4.69, 9.17) is 9.26 Å². The molecule has 35 heavy (non-hydrogen) atoms. The van der Waals surface area contributed by atoms with E-state index in [9.17, 15) is 9.59 Å². The molecule has 3 heterocycles. The summed E-state index contributed by atoms with van der Waals surface area (Å²) < 4.78 is 11.7. The molecule has 1 atom stereocenters. The van der Waals surface area contributed by atoms with E-state index in [2.05, 4.69) is 29.6 Å². The van der Waals surface area contributed by atoms with E-state index < -0.39 is 5.60 Å². The number of carbonyl (C=O) groups is 2. The summed E-state index contributed by atoms with van der Waals surface area (Å²) in [5, 5.41) is 10.1. The van der Waals surface area contributed by atoms with Gasteiger partial charge in [0.25, 0.3) is 5.91 Å². The Bertz CT molecular complexity index is 1240. The molecule has 0 aliphatic carbocycles. The minimum Gasteiger partial charge on any atom is -0.486 e. The molecule has 1 fully saturated rings. The van der Waals surface area contributed by atoms with Gasteiger partial charge in [0.2, 0.25) is 0 Å². The number of ketones is 1. The van der Waals surface area contributed by atoms with E-state index in [1.807, 2.05) is 37.3 Å². The van der Waals surface area contributed by atoms with Gasteiger partial charge in [0, 0.05) is 24.5 Å². The van der Waals surface area contributed by atoms with E-state index in [0.717, 1.165) is 42.8 Å². The van der Waals surface area contributed by atoms with Gasteiger partial charge in [-0.15, -0.1) is 0 Å². The first-order chi connectivity index (χ1) is 16.9. The van der Waals surface area contributed by atoms with Gasteiger partial charge in [-0.05, 0) is 61.3 Å². The maximum Gasteiger partial charge on any atom is 0.251 e. The van der Waals surface area contributed by atoms with Crippen molar-refractivity contribution in [3.63, 3.8) is 0 Å². The second-order valence-corrected chi connectivity index (χ2v) is 9.91. The molecular formula is C28H31N3O4. The van der Waals surface area contributed by atoms with Crippen molar-refractivity contribution in [3.05, 3.63) is 71.1 Å². The van der Waals surface area contributed by atoms with Crippen LogP contribution in [0.2, 0.25) is 0 Å². The third-order valence-electron chi connectivity index (χ3n) is 7.10. The number of nitrogens with zero attached hydrogens (tertiary/aromatic N) is 1. The number of aromatic nitrogens is 1. The lowest BCUT2D eigenvalue weighted by atomic mass is 9.69. The number of Topliss-reactive ketones (excluding diaryl/α,β-unsaturated/α-hetero) is 1. The number of amides is 1. The molecular weight excluding hydrogens is 442 g/mol. The van der Waals surface area contributed by atoms with Crippen LogP contribution in [0.4, 0.5) is 0 Å². The Labute approximate surface area is 205 Å². The van der Waals surface area contributed by atoms with Crippen molar-refractivity contribution in [2.45, 2.75) is 45.8 Å². The molecule has 3 aromatic rings. The van der Waals surface area contributed by atoms with Gasteiger partial charge in [0.1, 0.15) is 11.4 Å². The molecule has 1 amide bonds. The standard InChI is InChI=1S/C28H31N3O4/c1-17(2)25-26(32)23-15-21(8-9-24(23)34-28(25)10-12-29-13-11-28)19-4-6-20(7-5-19)27(33)30-16-22-14-18(3)31-35-22/h4-9,14-15,17,25,29H,10-13,16H2,1-3H3,(H,30,33)/t25-/m0/s1. The fourth-order valence-electron chi connectivity index (χ4n) is 5.44. The van der Waals surface area contributed by atoms with Crippen molar-refractivity contribution in [1.82, 2.24) is 15.8 Å². The van der Waals surface area contributed by atoms with Crippen LogP contribution in [-0.2, 0) is 6.54 Å². The number of fused-ring (bicyclic) bond motifs is 1. The molecule has 5 rings (SSSR count). The van der Waals surface area contributed by atoms with Gasteiger partial charge in [0.05, 0.1) is 23.7 Å². The molecule has 0 radical (unpaired) electrons. The molecule has 2 aliphatic heterocycles. The lowest BCUT2D eigenvalue weighted by Gasteiger charge is -2.47. The minimum atomic E-state index is -0.426. The van der Waals surface area contributed by atoms with E-state index in [-0.39, 0.29) is 30.1 Å². The maximum absolute atomic E-state index is 13.7. The Kier molecular flexibility index (Phi) is 6.19. The Morgan fingerprint density at radius 3 is 2.49 bits per heavy atom. The van der Waals surface area contributed by atoms with Crippen LogP contribution < -0.4 is 15.4 Å². The van der Waals surface area contributed by atoms with Crippen molar-refractivity contribution in [1.29, 1.82) is 0 Å². The average molecular weight is 474 g/mol. The van der Waals surface area contributed by atoms with Crippen LogP contribution in [-0.4, -0.2) is 35.5 Å². The summed E-state index contributed by atoms with van der Waals surface area (Å²) in [5.74, 6) is 1.30. The van der Waals surface area contributed by atoms with E-state index in [0.29, 0.717) is 22.6 Å². The topological polar surface area (TPSA) is 93.5 Å². The monoisotopic (exact) mass is 473 g/mol. The molecule has 182 valence electrons. The number of hydrogen-bond donors (Lipinski definition) is 2. The quantitative estimate of drug-likeness (QED) is 0.565. The van der Waals surface area contributed by atoms with E-state index >= 15 is 0 Å². The first-order valence-electron chi connectivity index (χ1n) is 12.3. The SMILES string of the molecule is Cc1cc(CNC(=O)c2ccc(-c3ccc4c(c3)C(=O)[C@H](C(C)C)C3(CCNCC3)O4)cc2)on1. The number of benzene rings is 2. The number of aryl methyl sites for hydroxylation is 1. The molecule has 0 saturated carbocycles. The average Bonchev–Trinajstić information content (AvgIpc) is 3.28. The van der Waals surface area contributed by atoms with Crippen molar-refractivity contribution < 1.29 is 18.8 Å². The van der Waals surface area contributed by atoms with Crippen LogP contribution in [0.25, 0.3) is 11.1 Å². The lowest BCUT2D eigenvalue weighted by molar-refractivity contribution is -0.0349. The highest BCUT2D eigenvalue weighted by atomic mass is 16.5. The van der Waals surface area contributed by atoms with Gasteiger partial charge in [0.15, 0.2) is 11.5 Å². The second kappa shape index (κ2) is 9.30. The number of rotatable bonds is 5. The Morgan fingerprint density at radius 2 is 1.83 bits per heavy atom. The summed E-state index contributed by atoms with van der Waals surface area (Å²) in [6.07, 6.45) is 1.67. The van der Waals surface area contributed by atoms with Crippen LogP contribution >= 0.6 is 0 Å². The van der Waals surface area contributed by atoms with E-state index in [1.165, 1.54) is 0 Å². The van der Waals surface area contributed by atoms with Crippen molar-refractivity contribution in [3.8, 4) is 16.9 Å². The van der Waals surface area contributed by atoms with Gasteiger partial charge >= 0.3 is 0 Å². The molecule has 7 nitrogen and oxygen atoms in total. The molecule has 2 aliphatic rings. The molecule has 0 unspecified atom stereocenters. The zero-order chi connectivity index (χ0) is 24.6. The molecule has 0 bridgehead atoms. The van der Waals surface area contributed by atoms with Crippen LogP contribution in [0.15, 0.2) is 53.1 Å². The normalized spacial score (nSPS) is 18.9. The Balaban J connectivity index is 1.35. The summed E-state index contributed by atoms with van der Waals surface area (Å²) >= 11 is 0. The fourth-order valence-corrected chi connectivity index (χ4v) is 5.44. The zero-order valence-corrected chi connectivity index (χ0v) is 20.4. The van der Waals surface area contributed by atoms with Crippen LogP contribution in [0.1, 0.15) is 58.9 Å². The highest BCUT2D eigenvalue weighted by molar-refractivity contribution is 6.03. The third-order valence-corrected chi connectivity index (χ3v) is 7.10. The number of piperidine rings is 1. The van der Waals surface area contributed by atoms with Crippen molar-refractivity contribution >= 4 is 11.7 Å². The van der Waals surface area contributed by atoms with Gasteiger partial charge in [-0.1, -0.05) is 37.2 Å². The van der Waals surface area contributed by atoms with Gasteiger partial charge < -0.3 is 19.9 Å². The summed E-state index contributed by atoms with van der Waals surface area (Å²) in [7, 11) is 0. The summed E-state index contributed by atoms with van der Waals surface area (Å²) in [5.41, 5.74) is 3.41. The molecule has 2 aromatic carbocycles. The van der Waals surface area contributed by atoms with Crippen molar-refractivity contribution in [2.75, 3.05) is 13.1 Å². The molecule has 2 N–H and O–H groups in total. The van der Waals surface area contributed by atoms with Gasteiger partial charge in [-0.3, -0.25) is 9.59 Å².